The average molecular weight is 202 g/mol. The first-order chi connectivity index (χ1) is 6.65. The number of likely N-dealkylation sites (tertiary alicyclic amines) is 1. The SMILES string of the molecule is CCOC(=O)C1CCN(C(N)O)CC1. The number of aliphatic hydroxyl groups excluding tert-OH is 1. The van der Waals surface area contributed by atoms with E-state index in [9.17, 15) is 4.79 Å². The van der Waals surface area contributed by atoms with Crippen molar-refractivity contribution in [2.24, 2.45) is 11.7 Å². The molecule has 0 radical (unpaired) electrons. The molecule has 1 atom stereocenters. The van der Waals surface area contributed by atoms with E-state index in [0.717, 1.165) is 0 Å². The summed E-state index contributed by atoms with van der Waals surface area (Å²) in [5.41, 5.74) is 5.31. The van der Waals surface area contributed by atoms with Crippen LogP contribution < -0.4 is 5.73 Å². The lowest BCUT2D eigenvalue weighted by Gasteiger charge is -2.32. The van der Waals surface area contributed by atoms with Gasteiger partial charge in [-0.2, -0.15) is 0 Å². The van der Waals surface area contributed by atoms with E-state index in [1.165, 1.54) is 0 Å². The molecule has 0 spiro atoms. The lowest BCUT2D eigenvalue weighted by molar-refractivity contribution is -0.150. The van der Waals surface area contributed by atoms with Crippen molar-refractivity contribution in [2.45, 2.75) is 26.1 Å². The Morgan fingerprint density at radius 3 is 2.64 bits per heavy atom. The van der Waals surface area contributed by atoms with Crippen molar-refractivity contribution in [2.75, 3.05) is 19.7 Å². The number of ether oxygens (including phenoxy) is 1. The second kappa shape index (κ2) is 5.29. The summed E-state index contributed by atoms with van der Waals surface area (Å²) in [7, 11) is 0. The van der Waals surface area contributed by atoms with Crippen molar-refractivity contribution in [3.8, 4) is 0 Å². The van der Waals surface area contributed by atoms with Crippen LogP contribution in [-0.2, 0) is 9.53 Å². The first-order valence-corrected chi connectivity index (χ1v) is 4.99. The summed E-state index contributed by atoms with van der Waals surface area (Å²) in [4.78, 5) is 13.1. The average Bonchev–Trinajstić information content (AvgIpc) is 2.18. The lowest BCUT2D eigenvalue weighted by atomic mass is 9.97. The molecule has 0 amide bonds. The van der Waals surface area contributed by atoms with Crippen LogP contribution in [0.25, 0.3) is 0 Å². The van der Waals surface area contributed by atoms with Crippen LogP contribution in [0.15, 0.2) is 0 Å². The second-order valence-electron chi connectivity index (χ2n) is 3.48. The maximum atomic E-state index is 11.3. The van der Waals surface area contributed by atoms with Crippen LogP contribution in [0.5, 0.6) is 0 Å². The zero-order valence-corrected chi connectivity index (χ0v) is 8.48. The molecule has 82 valence electrons. The van der Waals surface area contributed by atoms with Crippen molar-refractivity contribution < 1.29 is 14.6 Å². The molecule has 1 aliphatic heterocycles. The van der Waals surface area contributed by atoms with Crippen molar-refractivity contribution in [1.82, 2.24) is 4.90 Å². The fourth-order valence-electron chi connectivity index (χ4n) is 1.66. The maximum Gasteiger partial charge on any atom is 0.309 e. The highest BCUT2D eigenvalue weighted by Gasteiger charge is 2.27. The number of carbonyl (C=O) groups is 1. The number of carbonyl (C=O) groups excluding carboxylic acids is 1. The molecular formula is C9H18N2O3. The van der Waals surface area contributed by atoms with Gasteiger partial charge in [-0.3, -0.25) is 15.4 Å². The summed E-state index contributed by atoms with van der Waals surface area (Å²) in [6, 6.07) is 0. The highest BCUT2D eigenvalue weighted by atomic mass is 16.5. The van der Waals surface area contributed by atoms with E-state index in [-0.39, 0.29) is 11.9 Å². The van der Waals surface area contributed by atoms with Crippen LogP contribution in [0.4, 0.5) is 0 Å². The van der Waals surface area contributed by atoms with Crippen LogP contribution in [0, 0.1) is 5.92 Å². The van der Waals surface area contributed by atoms with Crippen LogP contribution >= 0.6 is 0 Å². The number of piperidine rings is 1. The van der Waals surface area contributed by atoms with Crippen LogP contribution in [-0.4, -0.2) is 42.0 Å². The number of nitrogens with zero attached hydrogens (tertiary/aromatic N) is 1. The Labute approximate surface area is 83.8 Å². The fourth-order valence-corrected chi connectivity index (χ4v) is 1.66. The first-order valence-electron chi connectivity index (χ1n) is 4.99. The van der Waals surface area contributed by atoms with Gasteiger partial charge in [0.15, 0.2) is 6.35 Å². The van der Waals surface area contributed by atoms with Gasteiger partial charge in [0.1, 0.15) is 0 Å². The van der Waals surface area contributed by atoms with Gasteiger partial charge in [0.05, 0.1) is 12.5 Å². The Morgan fingerprint density at radius 2 is 2.21 bits per heavy atom. The van der Waals surface area contributed by atoms with Gasteiger partial charge in [-0.05, 0) is 19.8 Å². The zero-order chi connectivity index (χ0) is 10.6. The van der Waals surface area contributed by atoms with Crippen LogP contribution in [0.2, 0.25) is 0 Å². The summed E-state index contributed by atoms with van der Waals surface area (Å²) < 4.78 is 4.93. The smallest absolute Gasteiger partial charge is 0.309 e. The molecule has 5 nitrogen and oxygen atoms in total. The Hall–Kier alpha value is -0.650. The number of hydrogen-bond donors (Lipinski definition) is 2. The van der Waals surface area contributed by atoms with E-state index >= 15 is 0 Å². The van der Waals surface area contributed by atoms with Crippen LogP contribution in [0.3, 0.4) is 0 Å². The number of aliphatic hydroxyl groups is 1. The number of nitrogens with two attached hydrogens (primary N) is 1. The third-order valence-corrected chi connectivity index (χ3v) is 2.52. The Kier molecular flexibility index (Phi) is 4.31. The Morgan fingerprint density at radius 1 is 1.64 bits per heavy atom. The standard InChI is InChI=1S/C9H18N2O3/c1-2-14-8(12)7-3-5-11(6-4-7)9(10)13/h7,9,13H,2-6,10H2,1H3. The van der Waals surface area contributed by atoms with Crippen molar-refractivity contribution in [3.63, 3.8) is 0 Å². The van der Waals surface area contributed by atoms with E-state index in [0.29, 0.717) is 32.5 Å². The van der Waals surface area contributed by atoms with E-state index in [1.807, 2.05) is 0 Å². The number of hydrogen-bond acceptors (Lipinski definition) is 5. The normalized spacial score (nSPS) is 21.9. The maximum absolute atomic E-state index is 11.3. The predicted octanol–water partition coefficient (Wildman–Crippen LogP) is -0.504. The summed E-state index contributed by atoms with van der Waals surface area (Å²) >= 11 is 0. The minimum absolute atomic E-state index is 0.0232. The molecule has 0 bridgehead atoms. The molecule has 0 aromatic rings. The molecule has 1 saturated heterocycles. The molecule has 1 heterocycles. The molecule has 1 aliphatic rings. The summed E-state index contributed by atoms with van der Waals surface area (Å²) in [6.07, 6.45) is 0.526. The van der Waals surface area contributed by atoms with E-state index in [2.05, 4.69) is 0 Å². The monoisotopic (exact) mass is 202 g/mol. The highest BCUT2D eigenvalue weighted by molar-refractivity contribution is 5.72. The molecule has 1 unspecified atom stereocenters. The highest BCUT2D eigenvalue weighted by Crippen LogP contribution is 2.18. The third-order valence-electron chi connectivity index (χ3n) is 2.52. The minimum atomic E-state index is -0.904. The second-order valence-corrected chi connectivity index (χ2v) is 3.48. The molecular weight excluding hydrogens is 184 g/mol. The van der Waals surface area contributed by atoms with E-state index < -0.39 is 6.35 Å². The van der Waals surface area contributed by atoms with Gasteiger partial charge in [0.25, 0.3) is 0 Å². The van der Waals surface area contributed by atoms with E-state index in [4.69, 9.17) is 15.6 Å². The minimum Gasteiger partial charge on any atom is -0.466 e. The number of rotatable bonds is 3. The number of esters is 1. The van der Waals surface area contributed by atoms with Crippen LogP contribution in [0.1, 0.15) is 19.8 Å². The Balaban J connectivity index is 2.31. The molecule has 0 aromatic carbocycles. The molecule has 0 aromatic heterocycles. The summed E-state index contributed by atoms with van der Waals surface area (Å²) in [5, 5.41) is 9.09. The van der Waals surface area contributed by atoms with E-state index in [1.54, 1.807) is 11.8 Å². The zero-order valence-electron chi connectivity index (χ0n) is 8.48. The van der Waals surface area contributed by atoms with Gasteiger partial charge in [-0.25, -0.2) is 0 Å². The van der Waals surface area contributed by atoms with Crippen molar-refractivity contribution >= 4 is 5.97 Å². The Bertz CT molecular complexity index is 188. The van der Waals surface area contributed by atoms with Gasteiger partial charge in [-0.15, -0.1) is 0 Å². The van der Waals surface area contributed by atoms with Gasteiger partial charge >= 0.3 is 5.97 Å². The van der Waals surface area contributed by atoms with Gasteiger partial charge < -0.3 is 9.84 Å². The lowest BCUT2D eigenvalue weighted by Crippen LogP contribution is -2.47. The summed E-state index contributed by atoms with van der Waals surface area (Å²) in [6.45, 7) is 3.54. The molecule has 0 saturated carbocycles. The molecule has 3 N–H and O–H groups in total. The fraction of sp³-hybridized carbons (Fsp3) is 0.889. The van der Waals surface area contributed by atoms with Gasteiger partial charge in [0.2, 0.25) is 0 Å². The molecule has 14 heavy (non-hydrogen) atoms. The quantitative estimate of drug-likeness (QED) is 0.476. The summed E-state index contributed by atoms with van der Waals surface area (Å²) in [5.74, 6) is -0.149. The molecule has 0 aliphatic carbocycles. The van der Waals surface area contributed by atoms with Crippen molar-refractivity contribution in [3.05, 3.63) is 0 Å². The third kappa shape index (κ3) is 2.94. The molecule has 1 rings (SSSR count). The molecule has 5 heteroatoms. The topological polar surface area (TPSA) is 75.8 Å². The largest absolute Gasteiger partial charge is 0.466 e. The molecule has 1 fully saturated rings. The predicted molar refractivity (Wildman–Crippen MR) is 51.1 cm³/mol. The first kappa shape index (κ1) is 11.4. The van der Waals surface area contributed by atoms with Gasteiger partial charge in [0, 0.05) is 13.1 Å². The van der Waals surface area contributed by atoms with Gasteiger partial charge in [-0.1, -0.05) is 0 Å². The van der Waals surface area contributed by atoms with Crippen molar-refractivity contribution in [1.29, 1.82) is 0 Å².